The van der Waals surface area contributed by atoms with Gasteiger partial charge >= 0.3 is 0 Å². The number of nitrogens with zero attached hydrogens (tertiary/aromatic N) is 1. The van der Waals surface area contributed by atoms with Gasteiger partial charge in [-0.25, -0.2) is 8.42 Å². The van der Waals surface area contributed by atoms with Gasteiger partial charge in [-0.3, -0.25) is 0 Å². The van der Waals surface area contributed by atoms with Crippen molar-refractivity contribution in [1.82, 2.24) is 4.31 Å². The zero-order chi connectivity index (χ0) is 13.0. The second-order valence-electron chi connectivity index (χ2n) is 4.56. The van der Waals surface area contributed by atoms with Crippen molar-refractivity contribution in [2.45, 2.75) is 31.1 Å². The summed E-state index contributed by atoms with van der Waals surface area (Å²) in [6.45, 7) is 4.30. The van der Waals surface area contributed by atoms with E-state index >= 15 is 0 Å². The van der Waals surface area contributed by atoms with Crippen LogP contribution in [0.3, 0.4) is 0 Å². The lowest BCUT2D eigenvalue weighted by atomic mass is 10.3. The highest BCUT2D eigenvalue weighted by Crippen LogP contribution is 2.22. The fourth-order valence-corrected chi connectivity index (χ4v) is 3.61. The van der Waals surface area contributed by atoms with Gasteiger partial charge in [0.2, 0.25) is 10.0 Å². The van der Waals surface area contributed by atoms with E-state index in [-0.39, 0.29) is 0 Å². The molecule has 18 heavy (non-hydrogen) atoms. The summed E-state index contributed by atoms with van der Waals surface area (Å²) in [6.07, 6.45) is 2.98. The van der Waals surface area contributed by atoms with Crippen molar-refractivity contribution < 1.29 is 8.42 Å². The average molecular weight is 268 g/mol. The number of rotatable bonds is 5. The lowest BCUT2D eigenvalue weighted by Gasteiger charge is -2.15. The highest BCUT2D eigenvalue weighted by molar-refractivity contribution is 7.89. The summed E-state index contributed by atoms with van der Waals surface area (Å²) < 4.78 is 26.1. The van der Waals surface area contributed by atoms with Crippen LogP contribution in [0.4, 0.5) is 5.69 Å². The van der Waals surface area contributed by atoms with Crippen molar-refractivity contribution in [2.24, 2.45) is 0 Å². The van der Waals surface area contributed by atoms with Crippen LogP contribution in [0.25, 0.3) is 0 Å². The van der Waals surface area contributed by atoms with E-state index in [1.165, 1.54) is 0 Å². The third-order valence-electron chi connectivity index (χ3n) is 3.14. The van der Waals surface area contributed by atoms with E-state index in [9.17, 15) is 8.42 Å². The van der Waals surface area contributed by atoms with Crippen molar-refractivity contribution in [3.63, 3.8) is 0 Å². The number of hydrogen-bond acceptors (Lipinski definition) is 3. The first-order valence-electron chi connectivity index (χ1n) is 6.48. The van der Waals surface area contributed by atoms with E-state index in [0.717, 1.165) is 31.5 Å². The summed E-state index contributed by atoms with van der Waals surface area (Å²) in [6, 6.07) is 7.04. The molecule has 1 fully saturated rings. The molecule has 0 aliphatic carbocycles. The third-order valence-corrected chi connectivity index (χ3v) is 5.05. The molecule has 2 rings (SSSR count). The molecule has 1 aliphatic rings. The van der Waals surface area contributed by atoms with Crippen molar-refractivity contribution in [1.29, 1.82) is 0 Å². The fourth-order valence-electron chi connectivity index (χ4n) is 2.09. The maximum absolute atomic E-state index is 12.3. The molecule has 0 unspecified atom stereocenters. The number of nitrogens with one attached hydrogen (secondary N) is 1. The lowest BCUT2D eigenvalue weighted by Crippen LogP contribution is -2.27. The zero-order valence-corrected chi connectivity index (χ0v) is 11.5. The first kappa shape index (κ1) is 13.4. The number of anilines is 1. The van der Waals surface area contributed by atoms with Gasteiger partial charge in [0.1, 0.15) is 0 Å². The molecular weight excluding hydrogens is 248 g/mol. The van der Waals surface area contributed by atoms with Gasteiger partial charge in [-0.2, -0.15) is 4.31 Å². The lowest BCUT2D eigenvalue weighted by molar-refractivity contribution is 0.477. The van der Waals surface area contributed by atoms with E-state index in [4.69, 9.17) is 0 Å². The minimum atomic E-state index is -3.27. The van der Waals surface area contributed by atoms with Gasteiger partial charge in [0.15, 0.2) is 0 Å². The standard InChI is InChI=1S/C13H20N2O2S/c1-2-9-14-12-5-7-13(8-6-12)18(16,17)15-10-3-4-11-15/h5-8,14H,2-4,9-11H2,1H3. The smallest absolute Gasteiger partial charge is 0.243 e. The third kappa shape index (κ3) is 2.84. The van der Waals surface area contributed by atoms with E-state index in [0.29, 0.717) is 18.0 Å². The van der Waals surface area contributed by atoms with Crippen molar-refractivity contribution >= 4 is 15.7 Å². The molecular formula is C13H20N2O2S. The number of benzene rings is 1. The first-order chi connectivity index (χ1) is 8.64. The second kappa shape index (κ2) is 5.71. The maximum atomic E-state index is 12.3. The van der Waals surface area contributed by atoms with E-state index < -0.39 is 10.0 Å². The summed E-state index contributed by atoms with van der Waals surface area (Å²) in [4.78, 5) is 0.395. The van der Waals surface area contributed by atoms with Crippen molar-refractivity contribution in [3.05, 3.63) is 24.3 Å². The summed E-state index contributed by atoms with van der Waals surface area (Å²) >= 11 is 0. The Hall–Kier alpha value is -1.07. The molecule has 1 saturated heterocycles. The zero-order valence-electron chi connectivity index (χ0n) is 10.7. The van der Waals surface area contributed by atoms with Crippen LogP contribution in [0.1, 0.15) is 26.2 Å². The molecule has 0 saturated carbocycles. The Morgan fingerprint density at radius 3 is 2.33 bits per heavy atom. The van der Waals surface area contributed by atoms with Crippen LogP contribution in [0, 0.1) is 0 Å². The fraction of sp³-hybridized carbons (Fsp3) is 0.538. The van der Waals surface area contributed by atoms with Gasteiger partial charge in [-0.15, -0.1) is 0 Å². The van der Waals surface area contributed by atoms with Crippen LogP contribution in [-0.2, 0) is 10.0 Å². The van der Waals surface area contributed by atoms with E-state index in [1.54, 1.807) is 16.4 Å². The molecule has 100 valence electrons. The van der Waals surface area contributed by atoms with Crippen LogP contribution in [0.5, 0.6) is 0 Å². The topological polar surface area (TPSA) is 49.4 Å². The summed E-state index contributed by atoms with van der Waals surface area (Å²) in [5, 5.41) is 3.23. The van der Waals surface area contributed by atoms with Crippen LogP contribution in [0.15, 0.2) is 29.2 Å². The largest absolute Gasteiger partial charge is 0.385 e. The minimum Gasteiger partial charge on any atom is -0.385 e. The van der Waals surface area contributed by atoms with Crippen LogP contribution >= 0.6 is 0 Å². The van der Waals surface area contributed by atoms with Gasteiger partial charge in [0, 0.05) is 25.3 Å². The molecule has 0 bridgehead atoms. The van der Waals surface area contributed by atoms with Crippen LogP contribution < -0.4 is 5.32 Å². The van der Waals surface area contributed by atoms with Gasteiger partial charge in [-0.1, -0.05) is 6.92 Å². The first-order valence-corrected chi connectivity index (χ1v) is 7.92. The Labute approximate surface area is 109 Å². The predicted molar refractivity (Wildman–Crippen MR) is 73.2 cm³/mol. The SMILES string of the molecule is CCCNc1ccc(S(=O)(=O)N2CCCC2)cc1. The van der Waals surface area contributed by atoms with E-state index in [1.807, 2.05) is 12.1 Å². The number of hydrogen-bond donors (Lipinski definition) is 1. The Bertz CT molecular complexity index is 476. The molecule has 1 heterocycles. The number of sulfonamides is 1. The summed E-state index contributed by atoms with van der Waals surface area (Å²) in [5.74, 6) is 0. The highest BCUT2D eigenvalue weighted by Gasteiger charge is 2.26. The molecule has 1 aromatic rings. The van der Waals surface area contributed by atoms with Crippen molar-refractivity contribution in [3.8, 4) is 0 Å². The van der Waals surface area contributed by atoms with Crippen LogP contribution in [0.2, 0.25) is 0 Å². The molecule has 0 atom stereocenters. The van der Waals surface area contributed by atoms with Gasteiger partial charge in [0.05, 0.1) is 4.90 Å². The van der Waals surface area contributed by atoms with Gasteiger partial charge < -0.3 is 5.32 Å². The average Bonchev–Trinajstić information content (AvgIpc) is 2.91. The molecule has 0 radical (unpaired) electrons. The highest BCUT2D eigenvalue weighted by atomic mass is 32.2. The molecule has 1 aromatic carbocycles. The molecule has 0 aromatic heterocycles. The molecule has 4 nitrogen and oxygen atoms in total. The Balaban J connectivity index is 2.13. The molecule has 1 N–H and O–H groups in total. The maximum Gasteiger partial charge on any atom is 0.243 e. The van der Waals surface area contributed by atoms with Crippen LogP contribution in [-0.4, -0.2) is 32.4 Å². The molecule has 0 amide bonds. The Morgan fingerprint density at radius 1 is 1.17 bits per heavy atom. The Morgan fingerprint density at radius 2 is 1.78 bits per heavy atom. The Kier molecular flexibility index (Phi) is 4.24. The summed E-state index contributed by atoms with van der Waals surface area (Å²) in [7, 11) is -3.27. The minimum absolute atomic E-state index is 0.395. The van der Waals surface area contributed by atoms with Gasteiger partial charge in [-0.05, 0) is 43.5 Å². The quantitative estimate of drug-likeness (QED) is 0.891. The van der Waals surface area contributed by atoms with Crippen molar-refractivity contribution in [2.75, 3.05) is 25.0 Å². The normalized spacial score (nSPS) is 16.9. The molecule has 5 heteroatoms. The second-order valence-corrected chi connectivity index (χ2v) is 6.50. The summed E-state index contributed by atoms with van der Waals surface area (Å²) in [5.41, 5.74) is 0.970. The molecule has 0 spiro atoms. The predicted octanol–water partition coefficient (Wildman–Crippen LogP) is 2.29. The monoisotopic (exact) mass is 268 g/mol. The van der Waals surface area contributed by atoms with E-state index in [2.05, 4.69) is 12.2 Å². The van der Waals surface area contributed by atoms with Gasteiger partial charge in [0.25, 0.3) is 0 Å². The molecule has 1 aliphatic heterocycles.